The molecule has 2 N–H and O–H groups in total. The zero-order chi connectivity index (χ0) is 16.8. The van der Waals surface area contributed by atoms with Gasteiger partial charge in [0.25, 0.3) is 11.5 Å². The van der Waals surface area contributed by atoms with E-state index in [1.807, 2.05) is 30.3 Å². The summed E-state index contributed by atoms with van der Waals surface area (Å²) in [4.78, 5) is 28.3. The van der Waals surface area contributed by atoms with Crippen molar-refractivity contribution < 1.29 is 4.79 Å². The van der Waals surface area contributed by atoms with Gasteiger partial charge < -0.3 is 14.9 Å². The molecule has 1 aliphatic rings. The van der Waals surface area contributed by atoms with E-state index in [1.54, 1.807) is 17.7 Å². The number of anilines is 1. The van der Waals surface area contributed by atoms with Crippen LogP contribution in [0.25, 0.3) is 10.9 Å². The fourth-order valence-electron chi connectivity index (χ4n) is 3.54. The summed E-state index contributed by atoms with van der Waals surface area (Å²) in [7, 11) is 1.75. The number of pyridine rings is 1. The number of carbonyl (C=O) groups is 1. The minimum atomic E-state index is -0.371. The second kappa shape index (κ2) is 5.37. The van der Waals surface area contributed by atoms with Crippen LogP contribution in [0.3, 0.4) is 0 Å². The molecule has 0 saturated heterocycles. The highest BCUT2D eigenvalue weighted by Gasteiger charge is 2.25. The van der Waals surface area contributed by atoms with Gasteiger partial charge in [-0.05, 0) is 42.5 Å². The lowest BCUT2D eigenvalue weighted by Crippen LogP contribution is -2.30. The first-order chi connectivity index (χ1) is 11.5. The van der Waals surface area contributed by atoms with Gasteiger partial charge in [-0.15, -0.1) is 0 Å². The van der Waals surface area contributed by atoms with Gasteiger partial charge in [-0.3, -0.25) is 9.59 Å². The van der Waals surface area contributed by atoms with Crippen LogP contribution < -0.4 is 10.9 Å². The first-order valence-electron chi connectivity index (χ1n) is 8.16. The van der Waals surface area contributed by atoms with Crippen molar-refractivity contribution in [3.05, 3.63) is 63.6 Å². The summed E-state index contributed by atoms with van der Waals surface area (Å²) in [6.45, 7) is 2.13. The second-order valence-corrected chi connectivity index (χ2v) is 6.49. The number of benzene rings is 1. The zero-order valence-electron chi connectivity index (χ0n) is 13.7. The second-order valence-electron chi connectivity index (χ2n) is 6.49. The number of amides is 1. The number of nitrogens with one attached hydrogen (secondary N) is 2. The Morgan fingerprint density at radius 2 is 2.08 bits per heavy atom. The Hall–Kier alpha value is -2.82. The molecule has 0 bridgehead atoms. The predicted octanol–water partition coefficient (Wildman–Crippen LogP) is 3.17. The Kier molecular flexibility index (Phi) is 3.30. The van der Waals surface area contributed by atoms with Crippen LogP contribution >= 0.6 is 0 Å². The van der Waals surface area contributed by atoms with Crippen molar-refractivity contribution in [1.82, 2.24) is 9.55 Å². The number of aromatic amines is 1. The maximum Gasteiger partial charge on any atom is 0.263 e. The van der Waals surface area contributed by atoms with Gasteiger partial charge in [0.2, 0.25) is 0 Å². The number of nitrogens with zero attached hydrogens (tertiary/aromatic N) is 1. The number of hydrogen-bond donors (Lipinski definition) is 2. The third-order valence-corrected chi connectivity index (χ3v) is 4.94. The topological polar surface area (TPSA) is 66.9 Å². The molecule has 1 atom stereocenters. The summed E-state index contributed by atoms with van der Waals surface area (Å²) in [5.41, 5.74) is 3.07. The third kappa shape index (κ3) is 2.24. The minimum absolute atomic E-state index is 0.198. The van der Waals surface area contributed by atoms with Crippen LogP contribution in [-0.4, -0.2) is 15.5 Å². The van der Waals surface area contributed by atoms with Gasteiger partial charge in [-0.2, -0.15) is 0 Å². The van der Waals surface area contributed by atoms with E-state index in [0.717, 1.165) is 35.0 Å². The van der Waals surface area contributed by atoms with E-state index in [1.165, 1.54) is 0 Å². The zero-order valence-corrected chi connectivity index (χ0v) is 13.7. The summed E-state index contributed by atoms with van der Waals surface area (Å²) >= 11 is 0. The molecule has 3 aromatic rings. The van der Waals surface area contributed by atoms with Crippen molar-refractivity contribution in [3.63, 3.8) is 0 Å². The van der Waals surface area contributed by atoms with Crippen molar-refractivity contribution in [2.24, 2.45) is 7.05 Å². The molecule has 122 valence electrons. The molecule has 0 unspecified atom stereocenters. The lowest BCUT2D eigenvalue weighted by atomic mass is 10.0. The number of H-pyrrole nitrogens is 1. The maximum absolute atomic E-state index is 12.6. The van der Waals surface area contributed by atoms with Gasteiger partial charge in [0.1, 0.15) is 11.4 Å². The van der Waals surface area contributed by atoms with Crippen molar-refractivity contribution in [2.75, 3.05) is 5.32 Å². The molecule has 1 aromatic carbocycles. The number of fused-ring (bicyclic) bond motifs is 2. The number of carbonyl (C=O) groups excluding carboxylic acids is 1. The van der Waals surface area contributed by atoms with E-state index >= 15 is 0 Å². The molecule has 24 heavy (non-hydrogen) atoms. The van der Waals surface area contributed by atoms with E-state index in [-0.39, 0.29) is 17.0 Å². The Morgan fingerprint density at radius 1 is 1.29 bits per heavy atom. The lowest BCUT2D eigenvalue weighted by Gasteiger charge is -2.11. The molecular weight excluding hydrogens is 302 g/mol. The number of hydrogen-bond acceptors (Lipinski definition) is 2. The Morgan fingerprint density at radius 3 is 2.88 bits per heavy atom. The van der Waals surface area contributed by atoms with Crippen molar-refractivity contribution in [1.29, 1.82) is 0 Å². The standard InChI is InChI=1S/C19H19N3O2/c1-11-7-8-16-13(11)10-14(19(24)22(16)2)18(23)21-17-9-12-5-3-4-6-15(12)20-17/h3-6,9-11,20H,7-8H2,1-2H3,(H,21,23)/t11-/m0/s1. The monoisotopic (exact) mass is 321 g/mol. The average Bonchev–Trinajstić information content (AvgIpc) is 3.13. The van der Waals surface area contributed by atoms with E-state index in [2.05, 4.69) is 17.2 Å². The third-order valence-electron chi connectivity index (χ3n) is 4.94. The molecule has 0 spiro atoms. The van der Waals surface area contributed by atoms with Crippen LogP contribution in [0.5, 0.6) is 0 Å². The highest BCUT2D eigenvalue weighted by atomic mass is 16.2. The molecular formula is C19H19N3O2. The van der Waals surface area contributed by atoms with Crippen LogP contribution in [0, 0.1) is 0 Å². The van der Waals surface area contributed by atoms with Crippen LogP contribution in [0.4, 0.5) is 5.82 Å². The quantitative estimate of drug-likeness (QED) is 0.761. The Bertz CT molecular complexity index is 980. The minimum Gasteiger partial charge on any atom is -0.341 e. The van der Waals surface area contributed by atoms with Gasteiger partial charge in [-0.25, -0.2) is 0 Å². The van der Waals surface area contributed by atoms with E-state index in [4.69, 9.17) is 0 Å². The number of aromatic nitrogens is 2. The first-order valence-corrected chi connectivity index (χ1v) is 8.16. The van der Waals surface area contributed by atoms with Gasteiger partial charge in [0.05, 0.1) is 0 Å². The summed E-state index contributed by atoms with van der Waals surface area (Å²) in [5, 5.41) is 3.83. The van der Waals surface area contributed by atoms with Crippen molar-refractivity contribution in [2.45, 2.75) is 25.7 Å². The fraction of sp³-hybridized carbons (Fsp3) is 0.263. The molecule has 0 saturated carbocycles. The molecule has 5 nitrogen and oxygen atoms in total. The van der Waals surface area contributed by atoms with Crippen molar-refractivity contribution >= 4 is 22.6 Å². The molecule has 2 aromatic heterocycles. The molecule has 4 rings (SSSR count). The average molecular weight is 321 g/mol. The first kappa shape index (κ1) is 14.8. The summed E-state index contributed by atoms with van der Waals surface area (Å²) < 4.78 is 1.62. The Balaban J connectivity index is 1.71. The highest BCUT2D eigenvalue weighted by molar-refractivity contribution is 6.05. The van der Waals surface area contributed by atoms with Crippen LogP contribution in [-0.2, 0) is 13.5 Å². The summed E-state index contributed by atoms with van der Waals surface area (Å²) in [5.74, 6) is 0.604. The van der Waals surface area contributed by atoms with Crippen LogP contribution in [0.2, 0.25) is 0 Å². The van der Waals surface area contributed by atoms with Gasteiger partial charge in [0, 0.05) is 23.6 Å². The van der Waals surface area contributed by atoms with Crippen LogP contribution in [0.15, 0.2) is 41.2 Å². The van der Waals surface area contributed by atoms with E-state index < -0.39 is 0 Å². The van der Waals surface area contributed by atoms with Crippen LogP contribution in [0.1, 0.15) is 40.9 Å². The molecule has 0 aliphatic heterocycles. The van der Waals surface area contributed by atoms with Gasteiger partial charge in [-0.1, -0.05) is 25.1 Å². The Labute approximate surface area is 139 Å². The smallest absolute Gasteiger partial charge is 0.263 e. The summed E-state index contributed by atoms with van der Waals surface area (Å²) in [6, 6.07) is 11.4. The fourth-order valence-corrected chi connectivity index (χ4v) is 3.54. The summed E-state index contributed by atoms with van der Waals surface area (Å²) in [6.07, 6.45) is 1.92. The number of rotatable bonds is 2. The molecule has 1 aliphatic carbocycles. The normalized spacial score (nSPS) is 16.3. The van der Waals surface area contributed by atoms with Crippen molar-refractivity contribution in [3.8, 4) is 0 Å². The van der Waals surface area contributed by atoms with Gasteiger partial charge >= 0.3 is 0 Å². The molecule has 2 heterocycles. The molecule has 0 fully saturated rings. The highest BCUT2D eigenvalue weighted by Crippen LogP contribution is 2.31. The number of para-hydroxylation sites is 1. The molecule has 1 amide bonds. The SMILES string of the molecule is C[C@H]1CCc2c1cc(C(=O)Nc1cc3ccccc3[nH]1)c(=O)n2C. The van der Waals surface area contributed by atoms with E-state index in [9.17, 15) is 9.59 Å². The van der Waals surface area contributed by atoms with Gasteiger partial charge in [0.15, 0.2) is 0 Å². The van der Waals surface area contributed by atoms with E-state index in [0.29, 0.717) is 11.7 Å². The lowest BCUT2D eigenvalue weighted by molar-refractivity contribution is 0.102. The largest absolute Gasteiger partial charge is 0.341 e. The molecule has 0 radical (unpaired) electrons. The predicted molar refractivity (Wildman–Crippen MR) is 94.7 cm³/mol. The maximum atomic E-state index is 12.6. The molecule has 5 heteroatoms.